The Morgan fingerprint density at radius 2 is 2.09 bits per heavy atom. The van der Waals surface area contributed by atoms with Crippen LogP contribution in [0.2, 0.25) is 0 Å². The van der Waals surface area contributed by atoms with Crippen LogP contribution in [0.15, 0.2) is 23.8 Å². The molecule has 1 N–H and O–H groups in total. The van der Waals surface area contributed by atoms with Crippen molar-refractivity contribution in [3.63, 3.8) is 0 Å². The van der Waals surface area contributed by atoms with E-state index in [0.717, 1.165) is 31.0 Å². The van der Waals surface area contributed by atoms with E-state index in [-0.39, 0.29) is 18.8 Å². The fourth-order valence-corrected chi connectivity index (χ4v) is 4.54. The number of aliphatic hydroxyl groups excluding tert-OH is 1. The molecule has 1 aromatic carbocycles. The van der Waals surface area contributed by atoms with Gasteiger partial charge in [-0.1, -0.05) is 11.6 Å². The summed E-state index contributed by atoms with van der Waals surface area (Å²) >= 11 is 0. The summed E-state index contributed by atoms with van der Waals surface area (Å²) in [5.74, 6) is 1.66. The molecule has 1 saturated heterocycles. The first-order valence-corrected chi connectivity index (χ1v) is 7.84. The molecular weight excluding hydrogens is 282 g/mol. The molecule has 0 spiro atoms. The molecule has 0 radical (unpaired) electrons. The van der Waals surface area contributed by atoms with Gasteiger partial charge in [0.15, 0.2) is 11.5 Å². The summed E-state index contributed by atoms with van der Waals surface area (Å²) in [6.07, 6.45) is 2.43. The van der Waals surface area contributed by atoms with Crippen molar-refractivity contribution >= 4 is 0 Å². The van der Waals surface area contributed by atoms with Gasteiger partial charge in [-0.15, -0.1) is 0 Å². The zero-order chi connectivity index (χ0) is 14.8. The van der Waals surface area contributed by atoms with E-state index in [0.29, 0.717) is 6.04 Å². The molecule has 0 amide bonds. The van der Waals surface area contributed by atoms with Gasteiger partial charge in [-0.2, -0.15) is 0 Å². The summed E-state index contributed by atoms with van der Waals surface area (Å²) < 4.78 is 16.6. The number of nitrogens with zero attached hydrogens (tertiary/aromatic N) is 1. The molecular formula is C17H19NO4. The average molecular weight is 301 g/mol. The number of ether oxygens (including phenoxy) is 3. The molecule has 3 heterocycles. The Morgan fingerprint density at radius 1 is 1.27 bits per heavy atom. The van der Waals surface area contributed by atoms with Crippen LogP contribution in [0.4, 0.5) is 0 Å². The van der Waals surface area contributed by atoms with E-state index in [4.69, 9.17) is 14.2 Å². The molecule has 4 atom stereocenters. The number of hydrogen-bond donors (Lipinski definition) is 1. The molecule has 4 aliphatic rings. The minimum Gasteiger partial charge on any atom is -0.454 e. The third kappa shape index (κ3) is 1.59. The van der Waals surface area contributed by atoms with Crippen molar-refractivity contribution in [1.82, 2.24) is 4.90 Å². The van der Waals surface area contributed by atoms with Crippen molar-refractivity contribution in [2.75, 3.05) is 20.4 Å². The Bertz CT molecular complexity index is 671. The third-order valence-corrected chi connectivity index (χ3v) is 5.52. The standard InChI is InChI=1S/C17H19NO4/c1-20-14-4-9-2-3-18-7-10-5-12-13(22-8-21-12)6-11(10)15(16(9)18)17(14)19/h4-6,14-17,19H,2-3,7-8H2,1H3/t14-,15?,16?,17+/m0/s1. The van der Waals surface area contributed by atoms with Crippen LogP contribution in [0.3, 0.4) is 0 Å². The highest BCUT2D eigenvalue weighted by Gasteiger charge is 2.49. The van der Waals surface area contributed by atoms with Crippen LogP contribution in [-0.2, 0) is 11.3 Å². The van der Waals surface area contributed by atoms with E-state index in [2.05, 4.69) is 23.1 Å². The van der Waals surface area contributed by atoms with E-state index in [9.17, 15) is 5.11 Å². The molecule has 1 aromatic rings. The molecule has 3 aliphatic heterocycles. The summed E-state index contributed by atoms with van der Waals surface area (Å²) in [6.45, 7) is 2.24. The van der Waals surface area contributed by atoms with Crippen LogP contribution in [0.5, 0.6) is 11.5 Å². The number of rotatable bonds is 1. The molecule has 0 saturated carbocycles. The first-order valence-electron chi connectivity index (χ1n) is 7.84. The Kier molecular flexibility index (Phi) is 2.63. The van der Waals surface area contributed by atoms with Crippen molar-refractivity contribution in [2.45, 2.75) is 37.1 Å². The van der Waals surface area contributed by atoms with Gasteiger partial charge < -0.3 is 19.3 Å². The van der Waals surface area contributed by atoms with Gasteiger partial charge in [-0.3, -0.25) is 4.90 Å². The maximum Gasteiger partial charge on any atom is 0.231 e. The van der Waals surface area contributed by atoms with Gasteiger partial charge in [0.05, 0.1) is 6.10 Å². The van der Waals surface area contributed by atoms with E-state index < -0.39 is 6.10 Å². The topological polar surface area (TPSA) is 51.2 Å². The summed E-state index contributed by atoms with van der Waals surface area (Å²) in [5, 5.41) is 10.9. The molecule has 5 nitrogen and oxygen atoms in total. The van der Waals surface area contributed by atoms with Crippen LogP contribution in [-0.4, -0.2) is 48.7 Å². The molecule has 1 aliphatic carbocycles. The second kappa shape index (κ2) is 4.47. The Morgan fingerprint density at radius 3 is 2.91 bits per heavy atom. The van der Waals surface area contributed by atoms with Gasteiger partial charge in [-0.05, 0) is 29.7 Å². The second-order valence-corrected chi connectivity index (χ2v) is 6.53. The summed E-state index contributed by atoms with van der Waals surface area (Å²) in [4.78, 5) is 2.47. The fraction of sp³-hybridized carbons (Fsp3) is 0.529. The summed E-state index contributed by atoms with van der Waals surface area (Å²) in [5.41, 5.74) is 3.83. The van der Waals surface area contributed by atoms with Gasteiger partial charge in [0.25, 0.3) is 0 Å². The highest BCUT2D eigenvalue weighted by atomic mass is 16.7. The number of fused-ring (bicyclic) bond motifs is 3. The lowest BCUT2D eigenvalue weighted by Gasteiger charge is -2.45. The van der Waals surface area contributed by atoms with Crippen molar-refractivity contribution < 1.29 is 19.3 Å². The third-order valence-electron chi connectivity index (χ3n) is 5.52. The van der Waals surface area contributed by atoms with E-state index in [1.165, 1.54) is 16.7 Å². The van der Waals surface area contributed by atoms with Crippen molar-refractivity contribution in [3.8, 4) is 11.5 Å². The van der Waals surface area contributed by atoms with Gasteiger partial charge in [0, 0.05) is 32.2 Å². The zero-order valence-electron chi connectivity index (χ0n) is 12.5. The molecule has 5 heteroatoms. The molecule has 5 rings (SSSR count). The summed E-state index contributed by atoms with van der Waals surface area (Å²) in [6, 6.07) is 4.45. The molecule has 0 bridgehead atoms. The Balaban J connectivity index is 1.68. The molecule has 116 valence electrons. The number of methoxy groups -OCH3 is 1. The minimum absolute atomic E-state index is 0.0469. The van der Waals surface area contributed by atoms with Gasteiger partial charge in [0.2, 0.25) is 6.79 Å². The first kappa shape index (κ1) is 12.9. The SMILES string of the molecule is CO[C@H]1C=C2CCN3Cc4cc5c(cc4C(C23)[C@@H]1O)OCO5. The lowest BCUT2D eigenvalue weighted by molar-refractivity contribution is -0.0230. The molecule has 0 aromatic heterocycles. The van der Waals surface area contributed by atoms with Crippen LogP contribution < -0.4 is 9.47 Å². The highest BCUT2D eigenvalue weighted by molar-refractivity contribution is 5.53. The smallest absolute Gasteiger partial charge is 0.231 e. The van der Waals surface area contributed by atoms with Crippen molar-refractivity contribution in [2.24, 2.45) is 0 Å². The highest BCUT2D eigenvalue weighted by Crippen LogP contribution is 2.49. The maximum atomic E-state index is 10.9. The zero-order valence-corrected chi connectivity index (χ0v) is 12.5. The van der Waals surface area contributed by atoms with Gasteiger partial charge in [0.1, 0.15) is 6.10 Å². The first-order chi connectivity index (χ1) is 10.8. The van der Waals surface area contributed by atoms with E-state index >= 15 is 0 Å². The van der Waals surface area contributed by atoms with E-state index in [1.54, 1.807) is 7.11 Å². The molecule has 22 heavy (non-hydrogen) atoms. The normalized spacial score (nSPS) is 35.1. The number of hydrogen-bond acceptors (Lipinski definition) is 5. The summed E-state index contributed by atoms with van der Waals surface area (Å²) in [7, 11) is 1.67. The van der Waals surface area contributed by atoms with E-state index in [1.807, 2.05) is 0 Å². The minimum atomic E-state index is -0.529. The molecule has 1 fully saturated rings. The fourth-order valence-electron chi connectivity index (χ4n) is 4.54. The van der Waals surface area contributed by atoms with Gasteiger partial charge in [-0.25, -0.2) is 0 Å². The lowest BCUT2D eigenvalue weighted by atomic mass is 9.73. The quantitative estimate of drug-likeness (QED) is 0.795. The predicted molar refractivity (Wildman–Crippen MR) is 79.0 cm³/mol. The predicted octanol–water partition coefficient (Wildman–Crippen LogP) is 1.40. The number of aliphatic hydroxyl groups is 1. The van der Waals surface area contributed by atoms with Crippen LogP contribution in [0, 0.1) is 0 Å². The van der Waals surface area contributed by atoms with Crippen LogP contribution in [0.25, 0.3) is 0 Å². The van der Waals surface area contributed by atoms with Crippen LogP contribution in [0.1, 0.15) is 23.5 Å². The van der Waals surface area contributed by atoms with Crippen LogP contribution >= 0.6 is 0 Å². The lowest BCUT2D eigenvalue weighted by Crippen LogP contribution is -2.50. The average Bonchev–Trinajstić information content (AvgIpc) is 3.14. The van der Waals surface area contributed by atoms with Crippen molar-refractivity contribution in [1.29, 1.82) is 0 Å². The Labute approximate surface area is 129 Å². The molecule has 2 unspecified atom stereocenters. The largest absolute Gasteiger partial charge is 0.454 e. The maximum absolute atomic E-state index is 10.9. The van der Waals surface area contributed by atoms with Crippen molar-refractivity contribution in [3.05, 3.63) is 34.9 Å². The Hall–Kier alpha value is -1.56. The monoisotopic (exact) mass is 301 g/mol. The second-order valence-electron chi connectivity index (χ2n) is 6.53. The number of benzene rings is 1. The van der Waals surface area contributed by atoms with Gasteiger partial charge >= 0.3 is 0 Å².